The van der Waals surface area contributed by atoms with Crippen molar-refractivity contribution in [1.29, 1.82) is 0 Å². The molecule has 0 saturated heterocycles. The Morgan fingerprint density at radius 1 is 1.13 bits per heavy atom. The summed E-state index contributed by atoms with van der Waals surface area (Å²) < 4.78 is 15.0. The van der Waals surface area contributed by atoms with E-state index >= 15 is 0 Å². The quantitative estimate of drug-likeness (QED) is 0.502. The Morgan fingerprint density at radius 3 is 2.71 bits per heavy atom. The second kappa shape index (κ2) is 8.15. The number of anilines is 2. The Morgan fingerprint density at radius 2 is 1.97 bits per heavy atom. The first-order valence-corrected chi connectivity index (χ1v) is 11.1. The normalized spacial score (nSPS) is 15.7. The molecule has 0 bridgehead atoms. The van der Waals surface area contributed by atoms with Crippen molar-refractivity contribution in [2.75, 3.05) is 17.1 Å². The number of carbonyl (C=O) groups excluding carboxylic acids is 1. The van der Waals surface area contributed by atoms with Crippen LogP contribution in [-0.2, 0) is 16.8 Å². The molecule has 1 aliphatic heterocycles. The van der Waals surface area contributed by atoms with Crippen LogP contribution in [0.15, 0.2) is 65.7 Å². The Bertz CT molecular complexity index is 1120. The van der Waals surface area contributed by atoms with E-state index in [2.05, 4.69) is 21.1 Å². The van der Waals surface area contributed by atoms with E-state index in [1.54, 1.807) is 13.3 Å². The highest BCUT2D eigenvalue weighted by Gasteiger charge is 2.52. The lowest BCUT2D eigenvalue weighted by Gasteiger charge is -2.36. The first-order valence-electron chi connectivity index (χ1n) is 10.3. The number of para-hydroxylation sites is 1. The van der Waals surface area contributed by atoms with Crippen molar-refractivity contribution in [3.8, 4) is 11.5 Å². The number of benzene rings is 2. The molecule has 2 N–H and O–H groups in total. The van der Waals surface area contributed by atoms with Crippen molar-refractivity contribution in [3.63, 3.8) is 0 Å². The Kier molecular flexibility index (Phi) is 5.19. The van der Waals surface area contributed by atoms with Gasteiger partial charge in [0.1, 0.15) is 18.1 Å². The fourth-order valence-electron chi connectivity index (χ4n) is 4.13. The fraction of sp³-hybridized carbons (Fsp3) is 0.250. The van der Waals surface area contributed by atoms with Gasteiger partial charge in [-0.05, 0) is 60.7 Å². The number of aromatic nitrogens is 1. The second-order valence-electron chi connectivity index (χ2n) is 7.75. The minimum Gasteiger partial charge on any atom is -0.496 e. The number of rotatable bonds is 7. The average Bonchev–Trinajstić information content (AvgIpc) is 3.09. The molecule has 0 radical (unpaired) electrons. The molecule has 2 aliphatic rings. The third-order valence-corrected chi connectivity index (χ3v) is 6.84. The van der Waals surface area contributed by atoms with Gasteiger partial charge in [-0.25, -0.2) is 0 Å². The van der Waals surface area contributed by atoms with Gasteiger partial charge >= 0.3 is 0 Å². The topological polar surface area (TPSA) is 72.5 Å². The standard InChI is InChI=1S/C24H23N3O3S/c1-29-19-8-2-3-9-21(19)31-27-17-13-18-22(26-23(28)24(18)10-6-11-24)20(14-17)30-15-16-7-4-5-12-25-16/h2-5,7-9,12-14,27H,6,10-11,15H2,1H3,(H,26,28). The summed E-state index contributed by atoms with van der Waals surface area (Å²) in [7, 11) is 1.66. The van der Waals surface area contributed by atoms with E-state index in [1.165, 1.54) is 11.9 Å². The van der Waals surface area contributed by atoms with E-state index in [0.29, 0.717) is 12.4 Å². The number of ether oxygens (including phenoxy) is 2. The Labute approximate surface area is 185 Å². The molecule has 1 fully saturated rings. The molecule has 7 heteroatoms. The molecule has 2 aromatic carbocycles. The van der Waals surface area contributed by atoms with Crippen molar-refractivity contribution in [2.45, 2.75) is 36.2 Å². The first kappa shape index (κ1) is 19.8. The van der Waals surface area contributed by atoms with E-state index in [4.69, 9.17) is 9.47 Å². The number of nitrogens with zero attached hydrogens (tertiary/aromatic N) is 1. The number of amides is 1. The lowest BCUT2D eigenvalue weighted by atomic mass is 9.65. The van der Waals surface area contributed by atoms with Gasteiger partial charge in [-0.2, -0.15) is 0 Å². The molecule has 5 rings (SSSR count). The van der Waals surface area contributed by atoms with Gasteiger partial charge in [0.15, 0.2) is 0 Å². The van der Waals surface area contributed by atoms with Gasteiger partial charge in [0.25, 0.3) is 0 Å². The molecule has 158 valence electrons. The maximum absolute atomic E-state index is 12.8. The largest absolute Gasteiger partial charge is 0.496 e. The maximum Gasteiger partial charge on any atom is 0.235 e. The number of hydrogen-bond donors (Lipinski definition) is 2. The first-order chi connectivity index (χ1) is 15.2. The molecule has 1 amide bonds. The molecular weight excluding hydrogens is 410 g/mol. The molecule has 1 spiro atoms. The van der Waals surface area contributed by atoms with Crippen LogP contribution in [0.5, 0.6) is 11.5 Å². The third kappa shape index (κ3) is 3.59. The summed E-state index contributed by atoms with van der Waals surface area (Å²) in [6.07, 6.45) is 4.55. The zero-order chi connectivity index (χ0) is 21.3. The van der Waals surface area contributed by atoms with Crippen LogP contribution < -0.4 is 19.5 Å². The van der Waals surface area contributed by atoms with Gasteiger partial charge in [0.2, 0.25) is 5.91 Å². The summed E-state index contributed by atoms with van der Waals surface area (Å²) in [5.41, 5.74) is 3.10. The summed E-state index contributed by atoms with van der Waals surface area (Å²) in [6, 6.07) is 17.6. The summed E-state index contributed by atoms with van der Waals surface area (Å²) in [5, 5.41) is 3.08. The van der Waals surface area contributed by atoms with Crippen molar-refractivity contribution in [3.05, 3.63) is 72.1 Å². The van der Waals surface area contributed by atoms with Crippen LogP contribution in [0, 0.1) is 0 Å². The van der Waals surface area contributed by atoms with Gasteiger partial charge in [0, 0.05) is 18.0 Å². The van der Waals surface area contributed by atoms with E-state index in [9.17, 15) is 4.79 Å². The van der Waals surface area contributed by atoms with E-state index in [-0.39, 0.29) is 5.91 Å². The summed E-state index contributed by atoms with van der Waals surface area (Å²) in [6.45, 7) is 0.333. The molecular formula is C24H23N3O3S. The van der Waals surface area contributed by atoms with E-state index in [0.717, 1.165) is 52.5 Å². The maximum atomic E-state index is 12.8. The highest BCUT2D eigenvalue weighted by Crippen LogP contribution is 2.54. The van der Waals surface area contributed by atoms with Crippen molar-refractivity contribution < 1.29 is 14.3 Å². The minimum atomic E-state index is -0.425. The van der Waals surface area contributed by atoms with Crippen LogP contribution >= 0.6 is 11.9 Å². The molecule has 0 unspecified atom stereocenters. The molecule has 1 saturated carbocycles. The van der Waals surface area contributed by atoms with Crippen molar-refractivity contribution >= 4 is 29.2 Å². The Balaban J connectivity index is 1.45. The number of methoxy groups -OCH3 is 1. The molecule has 0 atom stereocenters. The van der Waals surface area contributed by atoms with E-state index < -0.39 is 5.41 Å². The molecule has 1 aliphatic carbocycles. The van der Waals surface area contributed by atoms with Crippen LogP contribution in [0.3, 0.4) is 0 Å². The predicted octanol–water partition coefficient (Wildman–Crippen LogP) is 5.16. The highest BCUT2D eigenvalue weighted by atomic mass is 32.2. The van der Waals surface area contributed by atoms with Gasteiger partial charge in [-0.1, -0.05) is 24.6 Å². The number of fused-ring (bicyclic) bond motifs is 2. The summed E-state index contributed by atoms with van der Waals surface area (Å²) >= 11 is 1.47. The van der Waals surface area contributed by atoms with Crippen molar-refractivity contribution in [1.82, 2.24) is 4.98 Å². The fourth-order valence-corrected chi connectivity index (χ4v) is 4.87. The third-order valence-electron chi connectivity index (χ3n) is 5.95. The molecule has 1 aromatic heterocycles. The second-order valence-corrected chi connectivity index (χ2v) is 8.60. The number of hydrogen-bond acceptors (Lipinski definition) is 6. The van der Waals surface area contributed by atoms with Crippen LogP contribution in [0.4, 0.5) is 11.4 Å². The van der Waals surface area contributed by atoms with E-state index in [1.807, 2.05) is 48.5 Å². The van der Waals surface area contributed by atoms with Gasteiger partial charge in [0.05, 0.1) is 28.8 Å². The summed E-state index contributed by atoms with van der Waals surface area (Å²) in [5.74, 6) is 1.54. The monoisotopic (exact) mass is 433 g/mol. The zero-order valence-electron chi connectivity index (χ0n) is 17.2. The number of pyridine rings is 1. The zero-order valence-corrected chi connectivity index (χ0v) is 18.0. The average molecular weight is 434 g/mol. The van der Waals surface area contributed by atoms with Gasteiger partial charge in [-0.15, -0.1) is 0 Å². The molecule has 6 nitrogen and oxygen atoms in total. The molecule has 3 aromatic rings. The highest BCUT2D eigenvalue weighted by molar-refractivity contribution is 8.00. The molecule has 31 heavy (non-hydrogen) atoms. The van der Waals surface area contributed by atoms with Crippen molar-refractivity contribution in [2.24, 2.45) is 0 Å². The SMILES string of the molecule is COc1ccccc1SNc1cc(OCc2ccccn2)c2c(c1)C1(CCC1)C(=O)N2. The number of nitrogens with one attached hydrogen (secondary N) is 2. The van der Waals surface area contributed by atoms with Gasteiger partial charge in [-0.3, -0.25) is 9.78 Å². The van der Waals surface area contributed by atoms with Crippen LogP contribution in [0.25, 0.3) is 0 Å². The van der Waals surface area contributed by atoms with Crippen LogP contribution in [0.1, 0.15) is 30.5 Å². The lowest BCUT2D eigenvalue weighted by molar-refractivity contribution is -0.123. The minimum absolute atomic E-state index is 0.0750. The summed E-state index contributed by atoms with van der Waals surface area (Å²) in [4.78, 5) is 18.1. The predicted molar refractivity (Wildman–Crippen MR) is 122 cm³/mol. The smallest absolute Gasteiger partial charge is 0.235 e. The Hall–Kier alpha value is -3.19. The molecule has 2 heterocycles. The van der Waals surface area contributed by atoms with Crippen LogP contribution in [-0.4, -0.2) is 18.0 Å². The van der Waals surface area contributed by atoms with Crippen LogP contribution in [0.2, 0.25) is 0 Å². The van der Waals surface area contributed by atoms with Gasteiger partial charge < -0.3 is 19.5 Å². The lowest BCUT2D eigenvalue weighted by Crippen LogP contribution is -2.40. The number of carbonyl (C=O) groups is 1.